The molecule has 0 saturated carbocycles. The van der Waals surface area contributed by atoms with Crippen molar-refractivity contribution in [3.63, 3.8) is 0 Å². The Kier molecular flexibility index (Phi) is 6.28. The van der Waals surface area contributed by atoms with Crippen LogP contribution in [0.25, 0.3) is 0 Å². The van der Waals surface area contributed by atoms with Gasteiger partial charge in [0.2, 0.25) is 0 Å². The molecule has 1 aromatic carbocycles. The molecule has 0 aliphatic carbocycles. The van der Waals surface area contributed by atoms with Crippen LogP contribution in [0.5, 0.6) is 0 Å². The van der Waals surface area contributed by atoms with Gasteiger partial charge in [-0.2, -0.15) is 0 Å². The number of unbranched alkanes of at least 4 members (excludes halogenated alkanes) is 2. The summed E-state index contributed by atoms with van der Waals surface area (Å²) in [5, 5.41) is 0. The number of hydrogen-bond donors (Lipinski definition) is 0. The highest BCUT2D eigenvalue weighted by molar-refractivity contribution is 6.47. The molecule has 3 nitrogen and oxygen atoms in total. The van der Waals surface area contributed by atoms with Gasteiger partial charge in [-0.3, -0.25) is 4.79 Å². The van der Waals surface area contributed by atoms with Crippen molar-refractivity contribution in [1.29, 1.82) is 0 Å². The van der Waals surface area contributed by atoms with E-state index in [1.165, 1.54) is 0 Å². The summed E-state index contributed by atoms with van der Waals surface area (Å²) in [6, 6.07) is 7.75. The maximum atomic E-state index is 13.0. The van der Waals surface area contributed by atoms with Gasteiger partial charge in [-0.05, 0) is 46.6 Å². The van der Waals surface area contributed by atoms with Gasteiger partial charge in [0, 0.05) is 11.9 Å². The minimum absolute atomic E-state index is 0.0748. The zero-order valence-electron chi connectivity index (χ0n) is 16.5. The Hall–Kier alpha value is -1.39. The molecule has 1 aliphatic heterocycles. The maximum Gasteiger partial charge on any atom is 0.462 e. The Labute approximate surface area is 152 Å². The van der Waals surface area contributed by atoms with Gasteiger partial charge in [-0.15, -0.1) is 0 Å². The smallest absolute Gasteiger partial charge is 0.403 e. The molecule has 0 unspecified atom stereocenters. The Morgan fingerprint density at radius 1 is 1.08 bits per heavy atom. The summed E-state index contributed by atoms with van der Waals surface area (Å²) in [4.78, 5) is 13.0. The minimum Gasteiger partial charge on any atom is -0.403 e. The molecule has 2 rings (SSSR count). The van der Waals surface area contributed by atoms with Gasteiger partial charge in [0.15, 0.2) is 5.78 Å². The van der Waals surface area contributed by atoms with Gasteiger partial charge in [-0.1, -0.05) is 55.7 Å². The first kappa shape index (κ1) is 19.9. The molecule has 136 valence electrons. The van der Waals surface area contributed by atoms with Crippen molar-refractivity contribution in [2.45, 2.75) is 78.3 Å². The standard InChI is InChI=1S/C21H31BO3/c1-7-8-9-10-18(19(23)17-13-11-16(2)12-14-17)15-22-24-20(3,4)21(5,6)25-22/h10-14H,7-9,15H2,1-6H3/b18-10-. The first-order valence-electron chi connectivity index (χ1n) is 9.32. The lowest BCUT2D eigenvalue weighted by Crippen LogP contribution is -2.41. The van der Waals surface area contributed by atoms with Crippen molar-refractivity contribution >= 4 is 12.9 Å². The number of rotatable bonds is 7. The van der Waals surface area contributed by atoms with Gasteiger partial charge in [0.25, 0.3) is 0 Å². The van der Waals surface area contributed by atoms with Crippen LogP contribution < -0.4 is 0 Å². The molecule has 4 heteroatoms. The molecule has 0 bridgehead atoms. The third-order valence-electron chi connectivity index (χ3n) is 5.24. The number of Topliss-reactive ketones (excluding diaryl/α,β-unsaturated/α-hetero) is 1. The van der Waals surface area contributed by atoms with E-state index < -0.39 is 0 Å². The lowest BCUT2D eigenvalue weighted by Gasteiger charge is -2.32. The molecule has 1 saturated heterocycles. The number of carbonyl (C=O) groups excluding carboxylic acids is 1. The van der Waals surface area contributed by atoms with E-state index in [0.29, 0.717) is 6.32 Å². The Bertz CT molecular complexity index is 613. The molecule has 1 fully saturated rings. The average molecular weight is 342 g/mol. The fourth-order valence-electron chi connectivity index (χ4n) is 2.87. The molecule has 0 atom stereocenters. The van der Waals surface area contributed by atoms with Gasteiger partial charge < -0.3 is 9.31 Å². The number of hydrogen-bond acceptors (Lipinski definition) is 3. The van der Waals surface area contributed by atoms with Gasteiger partial charge in [-0.25, -0.2) is 0 Å². The van der Waals surface area contributed by atoms with Crippen molar-refractivity contribution in [2.75, 3.05) is 0 Å². The molecule has 1 aliphatic rings. The van der Waals surface area contributed by atoms with Gasteiger partial charge in [0.05, 0.1) is 11.2 Å². The SMILES string of the molecule is CCCC/C=C(/CB1OC(C)(C)C(C)(C)O1)C(=O)c1ccc(C)cc1. The summed E-state index contributed by atoms with van der Waals surface area (Å²) < 4.78 is 12.2. The molecule has 0 spiro atoms. The molecule has 0 radical (unpaired) electrons. The summed E-state index contributed by atoms with van der Waals surface area (Å²) in [7, 11) is -0.382. The predicted molar refractivity (Wildman–Crippen MR) is 104 cm³/mol. The Balaban J connectivity index is 2.18. The van der Waals surface area contributed by atoms with Crippen LogP contribution in [0.15, 0.2) is 35.9 Å². The summed E-state index contributed by atoms with van der Waals surface area (Å²) in [5.74, 6) is 0.0748. The fraction of sp³-hybridized carbons (Fsp3) is 0.571. The molecule has 1 aromatic rings. The van der Waals surface area contributed by atoms with Crippen molar-refractivity contribution in [3.05, 3.63) is 47.0 Å². The zero-order chi connectivity index (χ0) is 18.7. The number of allylic oxidation sites excluding steroid dienone is 2. The van der Waals surface area contributed by atoms with Crippen molar-refractivity contribution < 1.29 is 14.1 Å². The Morgan fingerprint density at radius 2 is 1.64 bits per heavy atom. The largest absolute Gasteiger partial charge is 0.462 e. The van der Waals surface area contributed by atoms with E-state index in [9.17, 15) is 4.79 Å². The maximum absolute atomic E-state index is 13.0. The van der Waals surface area contributed by atoms with E-state index in [4.69, 9.17) is 9.31 Å². The summed E-state index contributed by atoms with van der Waals surface area (Å²) in [6.07, 6.45) is 5.65. The predicted octanol–water partition coefficient (Wildman–Crippen LogP) is 5.39. The quantitative estimate of drug-likeness (QED) is 0.289. The second-order valence-electron chi connectivity index (χ2n) is 7.96. The van der Waals surface area contributed by atoms with Crippen LogP contribution in [-0.2, 0) is 9.31 Å². The van der Waals surface area contributed by atoms with Crippen LogP contribution in [0.1, 0.15) is 69.8 Å². The second-order valence-corrected chi connectivity index (χ2v) is 7.96. The van der Waals surface area contributed by atoms with Crippen LogP contribution >= 0.6 is 0 Å². The van der Waals surface area contributed by atoms with E-state index in [-0.39, 0.29) is 24.1 Å². The minimum atomic E-state index is -0.382. The summed E-state index contributed by atoms with van der Waals surface area (Å²) in [6.45, 7) is 12.3. The first-order chi connectivity index (χ1) is 11.7. The van der Waals surface area contributed by atoms with Gasteiger partial charge in [0.1, 0.15) is 0 Å². The molecule has 25 heavy (non-hydrogen) atoms. The van der Waals surface area contributed by atoms with Crippen molar-refractivity contribution in [1.82, 2.24) is 0 Å². The molecular weight excluding hydrogens is 311 g/mol. The first-order valence-corrected chi connectivity index (χ1v) is 9.32. The summed E-state index contributed by atoms with van der Waals surface area (Å²) >= 11 is 0. The third kappa shape index (κ3) is 4.83. The van der Waals surface area contributed by atoms with Crippen molar-refractivity contribution in [2.24, 2.45) is 0 Å². The van der Waals surface area contributed by atoms with E-state index in [1.807, 2.05) is 58.9 Å². The number of benzene rings is 1. The Morgan fingerprint density at radius 3 is 2.16 bits per heavy atom. The lowest BCUT2D eigenvalue weighted by atomic mass is 9.77. The number of carbonyl (C=O) groups is 1. The monoisotopic (exact) mass is 342 g/mol. The number of aryl methyl sites for hydroxylation is 1. The molecule has 0 amide bonds. The van der Waals surface area contributed by atoms with Crippen LogP contribution in [0.4, 0.5) is 0 Å². The molecule has 0 aromatic heterocycles. The van der Waals surface area contributed by atoms with E-state index in [1.54, 1.807) is 0 Å². The second kappa shape index (κ2) is 7.88. The molecule has 1 heterocycles. The molecular formula is C21H31BO3. The highest BCUT2D eigenvalue weighted by atomic mass is 16.7. The van der Waals surface area contributed by atoms with E-state index in [0.717, 1.165) is 36.0 Å². The highest BCUT2D eigenvalue weighted by Gasteiger charge is 2.51. The third-order valence-corrected chi connectivity index (χ3v) is 5.24. The normalized spacial score (nSPS) is 19.3. The summed E-state index contributed by atoms with van der Waals surface area (Å²) in [5.41, 5.74) is 1.91. The van der Waals surface area contributed by atoms with Gasteiger partial charge >= 0.3 is 7.12 Å². The van der Waals surface area contributed by atoms with E-state index >= 15 is 0 Å². The van der Waals surface area contributed by atoms with Crippen LogP contribution in [0.2, 0.25) is 6.32 Å². The van der Waals surface area contributed by atoms with E-state index in [2.05, 4.69) is 13.0 Å². The topological polar surface area (TPSA) is 35.5 Å². The average Bonchev–Trinajstić information content (AvgIpc) is 2.73. The molecule has 0 N–H and O–H groups in total. The highest BCUT2D eigenvalue weighted by Crippen LogP contribution is 2.38. The lowest BCUT2D eigenvalue weighted by molar-refractivity contribution is 0.00578. The number of ketones is 1. The van der Waals surface area contributed by atoms with Crippen LogP contribution in [-0.4, -0.2) is 24.1 Å². The zero-order valence-corrected chi connectivity index (χ0v) is 16.5. The van der Waals surface area contributed by atoms with Crippen LogP contribution in [0, 0.1) is 6.92 Å². The van der Waals surface area contributed by atoms with Crippen molar-refractivity contribution in [3.8, 4) is 0 Å². The fourth-order valence-corrected chi connectivity index (χ4v) is 2.87. The van der Waals surface area contributed by atoms with Crippen LogP contribution in [0.3, 0.4) is 0 Å².